The Morgan fingerprint density at radius 3 is 2.48 bits per heavy atom. The predicted molar refractivity (Wildman–Crippen MR) is 101 cm³/mol. The van der Waals surface area contributed by atoms with Crippen LogP contribution in [0, 0.1) is 18.6 Å². The molecule has 9 heteroatoms. The second kappa shape index (κ2) is 7.53. The van der Waals surface area contributed by atoms with Gasteiger partial charge in [-0.1, -0.05) is 22.0 Å². The van der Waals surface area contributed by atoms with Crippen LogP contribution in [-0.2, 0) is 0 Å². The van der Waals surface area contributed by atoms with Gasteiger partial charge in [0.1, 0.15) is 21.5 Å². The summed E-state index contributed by atoms with van der Waals surface area (Å²) in [6.07, 6.45) is 0. The number of hydrogen-bond acceptors (Lipinski definition) is 4. The zero-order chi connectivity index (χ0) is 19.7. The first-order valence-electron chi connectivity index (χ1n) is 7.54. The number of carbonyl (C=O) groups excluding carboxylic acids is 1. The number of nitrogens with zero attached hydrogens (tertiary/aromatic N) is 1. The van der Waals surface area contributed by atoms with Crippen LogP contribution >= 0.6 is 27.3 Å². The van der Waals surface area contributed by atoms with E-state index < -0.39 is 23.5 Å². The van der Waals surface area contributed by atoms with Gasteiger partial charge in [-0.2, -0.15) is 0 Å². The number of aryl methyl sites for hydroxylation is 1. The minimum Gasteiger partial charge on any atom is -0.478 e. The molecule has 0 atom stereocenters. The molecule has 27 heavy (non-hydrogen) atoms. The summed E-state index contributed by atoms with van der Waals surface area (Å²) in [4.78, 5) is 28.2. The van der Waals surface area contributed by atoms with Crippen molar-refractivity contribution in [3.05, 3.63) is 68.6 Å². The van der Waals surface area contributed by atoms with E-state index in [9.17, 15) is 23.5 Å². The van der Waals surface area contributed by atoms with Gasteiger partial charge in [-0.25, -0.2) is 18.6 Å². The number of carbonyl (C=O) groups is 2. The molecule has 3 aromatic rings. The first kappa shape index (κ1) is 19.1. The number of nitrogens with one attached hydrogen (secondary N) is 1. The lowest BCUT2D eigenvalue weighted by molar-refractivity contribution is 0.0698. The number of rotatable bonds is 4. The van der Waals surface area contributed by atoms with Crippen molar-refractivity contribution in [2.24, 2.45) is 0 Å². The molecule has 0 radical (unpaired) electrons. The third kappa shape index (κ3) is 3.88. The number of halogens is 3. The van der Waals surface area contributed by atoms with E-state index in [0.29, 0.717) is 4.47 Å². The van der Waals surface area contributed by atoms with E-state index in [1.165, 1.54) is 25.1 Å². The fraction of sp³-hybridized carbons (Fsp3) is 0.0556. The van der Waals surface area contributed by atoms with Gasteiger partial charge in [0.2, 0.25) is 0 Å². The monoisotopic (exact) mass is 452 g/mol. The van der Waals surface area contributed by atoms with E-state index in [2.05, 4.69) is 26.2 Å². The highest BCUT2D eigenvalue weighted by Gasteiger charge is 2.22. The molecule has 1 heterocycles. The number of carboxylic acids is 1. The molecular weight excluding hydrogens is 442 g/mol. The summed E-state index contributed by atoms with van der Waals surface area (Å²) >= 11 is 4.00. The molecule has 0 aliphatic carbocycles. The first-order valence-corrected chi connectivity index (χ1v) is 9.15. The van der Waals surface area contributed by atoms with Crippen molar-refractivity contribution in [3.63, 3.8) is 0 Å². The molecule has 0 aliphatic heterocycles. The quantitative estimate of drug-likeness (QED) is 0.576. The lowest BCUT2D eigenvalue weighted by Crippen LogP contribution is -2.14. The van der Waals surface area contributed by atoms with Gasteiger partial charge in [-0.05, 0) is 37.3 Å². The van der Waals surface area contributed by atoms with Gasteiger partial charge in [0.25, 0.3) is 5.91 Å². The molecule has 0 saturated carbocycles. The fourth-order valence-corrected chi connectivity index (χ4v) is 3.77. The van der Waals surface area contributed by atoms with E-state index in [0.717, 1.165) is 23.5 Å². The normalized spacial score (nSPS) is 10.7. The number of amides is 1. The van der Waals surface area contributed by atoms with Crippen LogP contribution in [0.25, 0.3) is 10.6 Å². The summed E-state index contributed by atoms with van der Waals surface area (Å²) in [6.45, 7) is 1.54. The summed E-state index contributed by atoms with van der Waals surface area (Å²) in [5.74, 6) is -3.38. The standard InChI is InChI=1S/C18H11BrF2N2O3S/c1-8-15(27-17(22-8)14-11(20)3-2-4-12(14)21)16(24)23-13-6-5-9(19)7-10(13)18(25)26/h2-7H,1H3,(H,23,24)(H,25,26). The molecule has 0 fully saturated rings. The summed E-state index contributed by atoms with van der Waals surface area (Å²) in [7, 11) is 0. The Labute approximate surface area is 164 Å². The minimum absolute atomic E-state index is 0.0301. The van der Waals surface area contributed by atoms with Gasteiger partial charge < -0.3 is 10.4 Å². The predicted octanol–water partition coefficient (Wildman–Crippen LogP) is 5.11. The summed E-state index contributed by atoms with van der Waals surface area (Å²) in [5.41, 5.74) is -0.0222. The molecule has 5 nitrogen and oxygen atoms in total. The number of aromatic carboxylic acids is 1. The molecular formula is C18H11BrF2N2O3S. The van der Waals surface area contributed by atoms with Gasteiger partial charge in [-0.3, -0.25) is 4.79 Å². The van der Waals surface area contributed by atoms with Crippen LogP contribution in [0.4, 0.5) is 14.5 Å². The maximum absolute atomic E-state index is 14.0. The fourth-order valence-electron chi connectivity index (χ4n) is 2.40. The molecule has 138 valence electrons. The van der Waals surface area contributed by atoms with Crippen LogP contribution in [0.2, 0.25) is 0 Å². The van der Waals surface area contributed by atoms with Crippen molar-refractivity contribution in [2.45, 2.75) is 6.92 Å². The van der Waals surface area contributed by atoms with E-state index in [4.69, 9.17) is 0 Å². The highest BCUT2D eigenvalue weighted by molar-refractivity contribution is 9.10. The Balaban J connectivity index is 1.96. The van der Waals surface area contributed by atoms with Crippen LogP contribution < -0.4 is 5.32 Å². The van der Waals surface area contributed by atoms with Crippen molar-refractivity contribution < 1.29 is 23.5 Å². The Morgan fingerprint density at radius 2 is 1.85 bits per heavy atom. The van der Waals surface area contributed by atoms with E-state index in [1.54, 1.807) is 6.07 Å². The second-order valence-corrected chi connectivity index (χ2v) is 7.39. The Bertz CT molecular complexity index is 1050. The molecule has 0 aliphatic rings. The smallest absolute Gasteiger partial charge is 0.337 e. The summed E-state index contributed by atoms with van der Waals surface area (Å²) in [6, 6.07) is 7.84. The van der Waals surface area contributed by atoms with Gasteiger partial charge in [-0.15, -0.1) is 11.3 Å². The highest BCUT2D eigenvalue weighted by Crippen LogP contribution is 2.32. The molecule has 1 aromatic heterocycles. The average molecular weight is 453 g/mol. The number of hydrogen-bond donors (Lipinski definition) is 2. The average Bonchev–Trinajstić information content (AvgIpc) is 2.97. The van der Waals surface area contributed by atoms with Crippen molar-refractivity contribution in [2.75, 3.05) is 5.32 Å². The lowest BCUT2D eigenvalue weighted by Gasteiger charge is -2.08. The molecule has 2 N–H and O–H groups in total. The zero-order valence-corrected chi connectivity index (χ0v) is 16.1. The van der Waals surface area contributed by atoms with Gasteiger partial charge in [0, 0.05) is 4.47 Å². The third-order valence-electron chi connectivity index (χ3n) is 3.64. The molecule has 3 rings (SSSR count). The summed E-state index contributed by atoms with van der Waals surface area (Å²) in [5, 5.41) is 11.8. The number of benzene rings is 2. The molecule has 0 spiro atoms. The van der Waals surface area contributed by atoms with Gasteiger partial charge >= 0.3 is 5.97 Å². The lowest BCUT2D eigenvalue weighted by atomic mass is 10.2. The van der Waals surface area contributed by atoms with Crippen LogP contribution in [0.5, 0.6) is 0 Å². The van der Waals surface area contributed by atoms with Crippen LogP contribution in [-0.4, -0.2) is 22.0 Å². The molecule has 0 saturated heterocycles. The Kier molecular flexibility index (Phi) is 5.33. The van der Waals surface area contributed by atoms with Gasteiger partial charge in [0.15, 0.2) is 0 Å². The maximum atomic E-state index is 14.0. The number of carboxylic acid groups (broad SMARTS) is 1. The number of anilines is 1. The minimum atomic E-state index is -1.21. The maximum Gasteiger partial charge on any atom is 0.337 e. The number of aromatic nitrogens is 1. The summed E-state index contributed by atoms with van der Waals surface area (Å²) < 4.78 is 28.5. The second-order valence-electron chi connectivity index (χ2n) is 5.48. The number of thiazole rings is 1. The third-order valence-corrected chi connectivity index (χ3v) is 5.31. The molecule has 0 unspecified atom stereocenters. The zero-order valence-electron chi connectivity index (χ0n) is 13.7. The van der Waals surface area contributed by atoms with Crippen molar-refractivity contribution >= 4 is 44.8 Å². The molecule has 1 amide bonds. The van der Waals surface area contributed by atoms with E-state index in [1.807, 2.05) is 0 Å². The van der Waals surface area contributed by atoms with E-state index in [-0.39, 0.29) is 32.4 Å². The van der Waals surface area contributed by atoms with Crippen molar-refractivity contribution in [1.82, 2.24) is 4.98 Å². The van der Waals surface area contributed by atoms with Crippen LogP contribution in [0.1, 0.15) is 25.7 Å². The first-order chi connectivity index (χ1) is 12.8. The van der Waals surface area contributed by atoms with Crippen LogP contribution in [0.3, 0.4) is 0 Å². The SMILES string of the molecule is Cc1nc(-c2c(F)cccc2F)sc1C(=O)Nc1ccc(Br)cc1C(=O)O. The molecule has 0 bridgehead atoms. The Morgan fingerprint density at radius 1 is 1.19 bits per heavy atom. The van der Waals surface area contributed by atoms with Crippen LogP contribution in [0.15, 0.2) is 40.9 Å². The largest absolute Gasteiger partial charge is 0.478 e. The topological polar surface area (TPSA) is 79.3 Å². The van der Waals surface area contributed by atoms with Crippen molar-refractivity contribution in [3.8, 4) is 10.6 Å². The molecule has 2 aromatic carbocycles. The highest BCUT2D eigenvalue weighted by atomic mass is 79.9. The van der Waals surface area contributed by atoms with Gasteiger partial charge in [0.05, 0.1) is 22.5 Å². The van der Waals surface area contributed by atoms with E-state index >= 15 is 0 Å². The Hall–Kier alpha value is -2.65. The van der Waals surface area contributed by atoms with Crippen molar-refractivity contribution in [1.29, 1.82) is 0 Å².